The van der Waals surface area contributed by atoms with Crippen LogP contribution in [-0.2, 0) is 11.2 Å². The molecule has 0 spiro atoms. The maximum absolute atomic E-state index is 12.9. The van der Waals surface area contributed by atoms with Crippen molar-refractivity contribution in [3.63, 3.8) is 0 Å². The summed E-state index contributed by atoms with van der Waals surface area (Å²) in [7, 11) is 0. The molecule has 1 aliphatic rings. The van der Waals surface area contributed by atoms with Crippen molar-refractivity contribution in [1.82, 2.24) is 15.0 Å². The normalized spacial score (nSPS) is 14.7. The van der Waals surface area contributed by atoms with E-state index >= 15 is 0 Å². The molecule has 0 aliphatic carbocycles. The Morgan fingerprint density at radius 2 is 1.68 bits per heavy atom. The smallest absolute Gasteiger partial charge is 0.259 e. The number of halogens is 1. The minimum atomic E-state index is -0.317. The molecule has 7 heteroatoms. The Kier molecular flexibility index (Phi) is 4.83. The van der Waals surface area contributed by atoms with Crippen LogP contribution in [0.4, 0.5) is 4.39 Å². The van der Waals surface area contributed by atoms with Crippen LogP contribution in [-0.4, -0.2) is 52.9 Å². The van der Waals surface area contributed by atoms with Gasteiger partial charge in [-0.3, -0.25) is 9.59 Å². The fourth-order valence-electron chi connectivity index (χ4n) is 2.99. The van der Waals surface area contributed by atoms with Gasteiger partial charge in [0.2, 0.25) is 5.91 Å². The van der Waals surface area contributed by atoms with Gasteiger partial charge in [-0.1, -0.05) is 17.3 Å². The van der Waals surface area contributed by atoms with E-state index in [0.29, 0.717) is 43.2 Å². The van der Waals surface area contributed by atoms with E-state index in [4.69, 9.17) is 4.52 Å². The first-order valence-electron chi connectivity index (χ1n) is 8.20. The molecule has 0 bridgehead atoms. The minimum absolute atomic E-state index is 0.0175. The summed E-state index contributed by atoms with van der Waals surface area (Å²) < 4.78 is 18.0. The minimum Gasteiger partial charge on any atom is -0.361 e. The molecule has 25 heavy (non-hydrogen) atoms. The van der Waals surface area contributed by atoms with Crippen molar-refractivity contribution < 1.29 is 18.5 Å². The highest BCUT2D eigenvalue weighted by atomic mass is 19.1. The van der Waals surface area contributed by atoms with Crippen molar-refractivity contribution >= 4 is 11.8 Å². The SMILES string of the molecule is Cc1noc(C)c1C(=O)N1CCN(C(=O)Cc2ccc(F)cc2)CC1. The van der Waals surface area contributed by atoms with Gasteiger partial charge in [-0.25, -0.2) is 4.39 Å². The first-order valence-corrected chi connectivity index (χ1v) is 8.20. The summed E-state index contributed by atoms with van der Waals surface area (Å²) >= 11 is 0. The summed E-state index contributed by atoms with van der Waals surface area (Å²) in [5.74, 6) is 0.0675. The highest BCUT2D eigenvalue weighted by Gasteiger charge is 2.28. The molecule has 1 aromatic heterocycles. The lowest BCUT2D eigenvalue weighted by Crippen LogP contribution is -2.51. The highest BCUT2D eigenvalue weighted by Crippen LogP contribution is 2.17. The molecule has 2 heterocycles. The molecule has 132 valence electrons. The van der Waals surface area contributed by atoms with Gasteiger partial charge in [0.25, 0.3) is 5.91 Å². The van der Waals surface area contributed by atoms with Gasteiger partial charge in [0, 0.05) is 26.2 Å². The zero-order valence-electron chi connectivity index (χ0n) is 14.3. The number of aromatic nitrogens is 1. The lowest BCUT2D eigenvalue weighted by atomic mass is 10.1. The molecule has 0 saturated carbocycles. The van der Waals surface area contributed by atoms with Crippen LogP contribution in [0.2, 0.25) is 0 Å². The summed E-state index contributed by atoms with van der Waals surface area (Å²) in [5, 5.41) is 3.81. The number of hydrogen-bond donors (Lipinski definition) is 0. The molecule has 6 nitrogen and oxygen atoms in total. The van der Waals surface area contributed by atoms with Gasteiger partial charge in [0.05, 0.1) is 12.1 Å². The molecule has 1 aromatic carbocycles. The zero-order chi connectivity index (χ0) is 18.0. The van der Waals surface area contributed by atoms with Gasteiger partial charge in [-0.05, 0) is 31.5 Å². The Hall–Kier alpha value is -2.70. The van der Waals surface area contributed by atoms with Crippen LogP contribution in [0.25, 0.3) is 0 Å². The monoisotopic (exact) mass is 345 g/mol. The Morgan fingerprint density at radius 3 is 2.24 bits per heavy atom. The summed E-state index contributed by atoms with van der Waals surface area (Å²) in [6.07, 6.45) is 0.234. The van der Waals surface area contributed by atoms with Crippen LogP contribution < -0.4 is 0 Å². The van der Waals surface area contributed by atoms with Crippen LogP contribution in [0.1, 0.15) is 27.4 Å². The molecule has 0 radical (unpaired) electrons. The number of nitrogens with zero attached hydrogens (tertiary/aromatic N) is 3. The second-order valence-electron chi connectivity index (χ2n) is 6.18. The second kappa shape index (κ2) is 7.04. The fraction of sp³-hybridized carbons (Fsp3) is 0.389. The summed E-state index contributed by atoms with van der Waals surface area (Å²) in [6, 6.07) is 5.93. The molecule has 0 N–H and O–H groups in total. The zero-order valence-corrected chi connectivity index (χ0v) is 14.3. The number of amides is 2. The predicted molar refractivity (Wildman–Crippen MR) is 88.6 cm³/mol. The average Bonchev–Trinajstić information content (AvgIpc) is 2.95. The number of carbonyl (C=O) groups is 2. The van der Waals surface area contributed by atoms with Crippen molar-refractivity contribution in [2.45, 2.75) is 20.3 Å². The lowest BCUT2D eigenvalue weighted by Gasteiger charge is -2.34. The standard InChI is InChI=1S/C18H20FN3O3/c1-12-17(13(2)25-20-12)18(24)22-9-7-21(8-10-22)16(23)11-14-3-5-15(19)6-4-14/h3-6H,7-11H2,1-2H3. The molecule has 2 amide bonds. The number of hydrogen-bond acceptors (Lipinski definition) is 4. The first-order chi connectivity index (χ1) is 12.0. The van der Waals surface area contributed by atoms with E-state index in [9.17, 15) is 14.0 Å². The predicted octanol–water partition coefficient (Wildman–Crippen LogP) is 1.96. The van der Waals surface area contributed by atoms with Gasteiger partial charge in [0.15, 0.2) is 0 Å². The number of aryl methyl sites for hydroxylation is 2. The van der Waals surface area contributed by atoms with E-state index in [-0.39, 0.29) is 24.1 Å². The summed E-state index contributed by atoms with van der Waals surface area (Å²) in [6.45, 7) is 5.36. The van der Waals surface area contributed by atoms with Crippen LogP contribution in [0, 0.1) is 19.7 Å². The second-order valence-corrected chi connectivity index (χ2v) is 6.18. The van der Waals surface area contributed by atoms with Crippen LogP contribution in [0.5, 0.6) is 0 Å². The fourth-order valence-corrected chi connectivity index (χ4v) is 2.99. The molecule has 1 aliphatic heterocycles. The molecule has 1 saturated heterocycles. The third kappa shape index (κ3) is 3.70. The Balaban J connectivity index is 1.57. The molecular weight excluding hydrogens is 325 g/mol. The Morgan fingerprint density at radius 1 is 1.08 bits per heavy atom. The molecule has 2 aromatic rings. The van der Waals surface area contributed by atoms with Crippen LogP contribution in [0.15, 0.2) is 28.8 Å². The van der Waals surface area contributed by atoms with E-state index in [0.717, 1.165) is 5.56 Å². The number of benzene rings is 1. The lowest BCUT2D eigenvalue weighted by molar-refractivity contribution is -0.131. The van der Waals surface area contributed by atoms with Crippen LogP contribution >= 0.6 is 0 Å². The van der Waals surface area contributed by atoms with Crippen molar-refractivity contribution in [2.75, 3.05) is 26.2 Å². The molecule has 0 atom stereocenters. The van der Waals surface area contributed by atoms with Gasteiger partial charge < -0.3 is 14.3 Å². The average molecular weight is 345 g/mol. The van der Waals surface area contributed by atoms with Crippen molar-refractivity contribution in [1.29, 1.82) is 0 Å². The van der Waals surface area contributed by atoms with Crippen LogP contribution in [0.3, 0.4) is 0 Å². The molecule has 1 fully saturated rings. The molecule has 0 unspecified atom stereocenters. The van der Waals surface area contributed by atoms with Gasteiger partial charge in [0.1, 0.15) is 17.1 Å². The van der Waals surface area contributed by atoms with Crippen molar-refractivity contribution in [3.8, 4) is 0 Å². The summed E-state index contributed by atoms with van der Waals surface area (Å²) in [4.78, 5) is 28.4. The highest BCUT2D eigenvalue weighted by molar-refractivity contribution is 5.96. The Bertz CT molecular complexity index is 758. The van der Waals surface area contributed by atoms with Gasteiger partial charge in [-0.15, -0.1) is 0 Å². The molecular formula is C18H20FN3O3. The van der Waals surface area contributed by atoms with E-state index in [1.165, 1.54) is 12.1 Å². The maximum atomic E-state index is 12.9. The van der Waals surface area contributed by atoms with Gasteiger partial charge in [-0.2, -0.15) is 0 Å². The first kappa shape index (κ1) is 17.1. The number of carbonyl (C=O) groups excluding carboxylic acids is 2. The van der Waals surface area contributed by atoms with E-state index in [2.05, 4.69) is 5.16 Å². The van der Waals surface area contributed by atoms with E-state index < -0.39 is 0 Å². The van der Waals surface area contributed by atoms with Crippen molar-refractivity contribution in [2.24, 2.45) is 0 Å². The van der Waals surface area contributed by atoms with Gasteiger partial charge >= 0.3 is 0 Å². The molecule has 3 rings (SSSR count). The van der Waals surface area contributed by atoms with E-state index in [1.54, 1.807) is 35.8 Å². The number of piperazine rings is 1. The quantitative estimate of drug-likeness (QED) is 0.853. The Labute approximate surface area is 145 Å². The van der Waals surface area contributed by atoms with E-state index in [1.807, 2.05) is 0 Å². The third-order valence-electron chi connectivity index (χ3n) is 4.44. The third-order valence-corrected chi connectivity index (χ3v) is 4.44. The largest absolute Gasteiger partial charge is 0.361 e. The van der Waals surface area contributed by atoms with Crippen molar-refractivity contribution in [3.05, 3.63) is 52.7 Å². The summed E-state index contributed by atoms with van der Waals surface area (Å²) in [5.41, 5.74) is 1.86. The number of rotatable bonds is 3. The maximum Gasteiger partial charge on any atom is 0.259 e. The topological polar surface area (TPSA) is 66.7 Å².